The highest BCUT2D eigenvalue weighted by Gasteiger charge is 2.18. The summed E-state index contributed by atoms with van der Waals surface area (Å²) < 4.78 is 55.2. The first-order chi connectivity index (χ1) is 9.90. The summed E-state index contributed by atoms with van der Waals surface area (Å²) in [5.41, 5.74) is 0.381. The molecule has 0 aliphatic rings. The molecule has 1 aromatic heterocycles. The summed E-state index contributed by atoms with van der Waals surface area (Å²) in [4.78, 5) is 2.69. The molecule has 3 aromatic rings. The second-order valence-corrected chi connectivity index (χ2v) is 5.48. The molecule has 2 nitrogen and oxygen atoms in total. The molecule has 0 unspecified atom stereocenters. The number of halogens is 5. The fraction of sp³-hybridized carbons (Fsp3) is 0. The predicted molar refractivity (Wildman–Crippen MR) is 76.0 cm³/mol. The van der Waals surface area contributed by atoms with Crippen LogP contribution in [0.3, 0.4) is 0 Å². The molecule has 21 heavy (non-hydrogen) atoms. The van der Waals surface area contributed by atoms with Crippen LogP contribution in [0.15, 0.2) is 28.7 Å². The Bertz CT molecular complexity index is 932. The lowest BCUT2D eigenvalue weighted by Gasteiger charge is -2.07. The van der Waals surface area contributed by atoms with Crippen molar-refractivity contribution >= 4 is 39.2 Å². The van der Waals surface area contributed by atoms with Gasteiger partial charge in [-0.1, -0.05) is 0 Å². The van der Waals surface area contributed by atoms with E-state index in [1.54, 1.807) is 0 Å². The van der Waals surface area contributed by atoms with Crippen molar-refractivity contribution in [1.29, 1.82) is 0 Å². The van der Waals surface area contributed by atoms with Gasteiger partial charge in [0.1, 0.15) is 5.82 Å². The Hall–Kier alpha value is -1.67. The van der Waals surface area contributed by atoms with Gasteiger partial charge in [-0.25, -0.2) is 17.6 Å². The average molecular weight is 377 g/mol. The van der Waals surface area contributed by atoms with Crippen LogP contribution in [0.4, 0.5) is 17.6 Å². The Morgan fingerprint density at radius 1 is 1.00 bits per heavy atom. The van der Waals surface area contributed by atoms with Crippen molar-refractivity contribution in [3.63, 3.8) is 0 Å². The monoisotopic (exact) mass is 376 g/mol. The molecule has 8 heteroatoms. The van der Waals surface area contributed by atoms with E-state index in [9.17, 15) is 17.6 Å². The molecule has 0 amide bonds. The standard InChI is InChI=1S/C13H5BrF4N2S/c14-5-3-10-8(4-7(5)16)19-13(21)20(10)9-2-1-6(15)11(17)12(9)18/h1-4H,(H,19,21). The Balaban J connectivity index is 2.41. The molecule has 1 N–H and O–H groups in total. The van der Waals surface area contributed by atoms with Crippen LogP contribution in [0.5, 0.6) is 0 Å². The summed E-state index contributed by atoms with van der Waals surface area (Å²) in [6.45, 7) is 0. The SMILES string of the molecule is Fc1cc2[nH]c(=S)n(-c3ccc(F)c(F)c3F)c2cc1Br. The van der Waals surface area contributed by atoms with Gasteiger partial charge in [-0.3, -0.25) is 4.57 Å². The Kier molecular flexibility index (Phi) is 3.37. The van der Waals surface area contributed by atoms with E-state index < -0.39 is 23.3 Å². The van der Waals surface area contributed by atoms with Crippen molar-refractivity contribution in [2.24, 2.45) is 0 Å². The number of nitrogens with zero attached hydrogens (tertiary/aromatic N) is 1. The minimum atomic E-state index is -1.59. The molecule has 0 spiro atoms. The van der Waals surface area contributed by atoms with Crippen LogP contribution in [0.2, 0.25) is 0 Å². The third-order valence-electron chi connectivity index (χ3n) is 2.98. The van der Waals surface area contributed by atoms with E-state index in [4.69, 9.17) is 12.2 Å². The van der Waals surface area contributed by atoms with Crippen molar-refractivity contribution in [1.82, 2.24) is 9.55 Å². The second kappa shape index (κ2) is 4.96. The molecule has 0 radical (unpaired) electrons. The maximum Gasteiger partial charge on any atom is 0.196 e. The second-order valence-electron chi connectivity index (χ2n) is 4.24. The van der Waals surface area contributed by atoms with Crippen LogP contribution in [-0.4, -0.2) is 9.55 Å². The zero-order valence-electron chi connectivity index (χ0n) is 10.1. The number of aromatic nitrogens is 2. The lowest BCUT2D eigenvalue weighted by Crippen LogP contribution is -2.02. The lowest BCUT2D eigenvalue weighted by atomic mass is 10.2. The van der Waals surface area contributed by atoms with Gasteiger partial charge in [0.15, 0.2) is 22.2 Å². The molecular formula is C13H5BrF4N2S. The Morgan fingerprint density at radius 2 is 1.71 bits per heavy atom. The highest BCUT2D eigenvalue weighted by molar-refractivity contribution is 9.10. The molecule has 0 aliphatic heterocycles. The number of H-pyrrole nitrogens is 1. The predicted octanol–water partition coefficient (Wildman–Crippen LogP) is 5.01. The van der Waals surface area contributed by atoms with Gasteiger partial charge in [-0.05, 0) is 46.3 Å². The highest BCUT2D eigenvalue weighted by atomic mass is 79.9. The van der Waals surface area contributed by atoms with Crippen LogP contribution >= 0.6 is 28.1 Å². The van der Waals surface area contributed by atoms with E-state index in [0.29, 0.717) is 11.0 Å². The van der Waals surface area contributed by atoms with Crippen molar-refractivity contribution in [2.75, 3.05) is 0 Å². The number of fused-ring (bicyclic) bond motifs is 1. The Labute approximate surface area is 129 Å². The van der Waals surface area contributed by atoms with E-state index in [2.05, 4.69) is 20.9 Å². The minimum Gasteiger partial charge on any atom is -0.330 e. The molecule has 0 saturated carbocycles. The van der Waals surface area contributed by atoms with Gasteiger partial charge < -0.3 is 4.98 Å². The molecule has 2 aromatic carbocycles. The van der Waals surface area contributed by atoms with Crippen LogP contribution in [0.1, 0.15) is 0 Å². The fourth-order valence-electron chi connectivity index (χ4n) is 2.03. The van der Waals surface area contributed by atoms with E-state index in [-0.39, 0.29) is 14.9 Å². The van der Waals surface area contributed by atoms with Gasteiger partial charge >= 0.3 is 0 Å². The highest BCUT2D eigenvalue weighted by Crippen LogP contribution is 2.27. The van der Waals surface area contributed by atoms with Gasteiger partial charge in [0.2, 0.25) is 0 Å². The molecule has 1 heterocycles. The fourth-order valence-corrected chi connectivity index (χ4v) is 2.67. The van der Waals surface area contributed by atoms with E-state index in [1.807, 2.05) is 0 Å². The van der Waals surface area contributed by atoms with Crippen LogP contribution < -0.4 is 0 Å². The van der Waals surface area contributed by atoms with E-state index in [1.165, 1.54) is 16.7 Å². The molecule has 0 atom stereocenters. The van der Waals surface area contributed by atoms with E-state index in [0.717, 1.165) is 12.1 Å². The molecule has 0 saturated heterocycles. The van der Waals surface area contributed by atoms with E-state index >= 15 is 0 Å². The normalized spacial score (nSPS) is 11.3. The van der Waals surface area contributed by atoms with Crippen LogP contribution in [0, 0.1) is 28.0 Å². The van der Waals surface area contributed by atoms with Gasteiger partial charge in [-0.2, -0.15) is 0 Å². The first-order valence-electron chi connectivity index (χ1n) is 5.64. The summed E-state index contributed by atoms with van der Waals surface area (Å²) in [5.74, 6) is -4.79. The molecule has 0 fully saturated rings. The first-order valence-corrected chi connectivity index (χ1v) is 6.84. The maximum atomic E-state index is 13.9. The molecule has 0 aliphatic carbocycles. The van der Waals surface area contributed by atoms with Crippen molar-refractivity contribution in [3.05, 3.63) is 56.8 Å². The molecule has 108 valence electrons. The topological polar surface area (TPSA) is 20.7 Å². The molecular weight excluding hydrogens is 372 g/mol. The summed E-state index contributed by atoms with van der Waals surface area (Å²) in [7, 11) is 0. The number of aromatic amines is 1. The number of hydrogen-bond donors (Lipinski definition) is 1. The first kappa shape index (κ1) is 14.3. The summed E-state index contributed by atoms with van der Waals surface area (Å²) in [6.07, 6.45) is 0. The minimum absolute atomic E-state index is 0.0346. The smallest absolute Gasteiger partial charge is 0.196 e. The lowest BCUT2D eigenvalue weighted by molar-refractivity contribution is 0.445. The largest absolute Gasteiger partial charge is 0.330 e. The van der Waals surface area contributed by atoms with Crippen LogP contribution in [-0.2, 0) is 0 Å². The number of benzene rings is 2. The van der Waals surface area contributed by atoms with Gasteiger partial charge in [0.25, 0.3) is 0 Å². The number of imidazole rings is 1. The third-order valence-corrected chi connectivity index (χ3v) is 3.87. The molecule has 3 rings (SSSR count). The van der Waals surface area contributed by atoms with Crippen LogP contribution in [0.25, 0.3) is 16.7 Å². The summed E-state index contributed by atoms with van der Waals surface area (Å²) >= 11 is 8.06. The number of nitrogens with one attached hydrogen (secondary N) is 1. The number of rotatable bonds is 1. The van der Waals surface area contributed by atoms with Crippen molar-refractivity contribution in [3.8, 4) is 5.69 Å². The third kappa shape index (κ3) is 2.18. The zero-order valence-corrected chi connectivity index (χ0v) is 12.5. The number of hydrogen-bond acceptors (Lipinski definition) is 1. The van der Waals surface area contributed by atoms with Gasteiger partial charge in [0.05, 0.1) is 21.2 Å². The average Bonchev–Trinajstić information content (AvgIpc) is 2.73. The summed E-state index contributed by atoms with van der Waals surface area (Å²) in [5, 5.41) is 0. The Morgan fingerprint density at radius 3 is 2.43 bits per heavy atom. The quantitative estimate of drug-likeness (QED) is 0.359. The summed E-state index contributed by atoms with van der Waals surface area (Å²) in [6, 6.07) is 4.40. The van der Waals surface area contributed by atoms with Crippen molar-refractivity contribution < 1.29 is 17.6 Å². The van der Waals surface area contributed by atoms with Crippen molar-refractivity contribution in [2.45, 2.75) is 0 Å². The maximum absolute atomic E-state index is 13.9. The van der Waals surface area contributed by atoms with Gasteiger partial charge in [-0.15, -0.1) is 0 Å². The zero-order chi connectivity index (χ0) is 15.3. The van der Waals surface area contributed by atoms with Gasteiger partial charge in [0, 0.05) is 6.07 Å². The molecule has 0 bridgehead atoms.